The Kier molecular flexibility index (Phi) is 5.40. The van der Waals surface area contributed by atoms with Gasteiger partial charge in [0.25, 0.3) is 5.91 Å². The fraction of sp³-hybridized carbons (Fsp3) is 0.333. The van der Waals surface area contributed by atoms with E-state index in [0.29, 0.717) is 43.0 Å². The Balaban J connectivity index is 1.52. The van der Waals surface area contributed by atoms with Crippen LogP contribution >= 0.6 is 34.8 Å². The van der Waals surface area contributed by atoms with E-state index in [0.717, 1.165) is 0 Å². The molecule has 0 aromatic heterocycles. The van der Waals surface area contributed by atoms with Crippen molar-refractivity contribution in [2.75, 3.05) is 20.2 Å². The first-order valence-electron chi connectivity index (χ1n) is 9.16. The van der Waals surface area contributed by atoms with Crippen molar-refractivity contribution in [3.8, 4) is 11.5 Å². The van der Waals surface area contributed by atoms with Crippen LogP contribution in [0.25, 0.3) is 0 Å². The Bertz CT molecular complexity index is 1000. The van der Waals surface area contributed by atoms with Crippen molar-refractivity contribution in [2.24, 2.45) is 0 Å². The SMILES string of the molecule is COc1ccc2c(c1)C(=O)CC1(CCN(C(=O)c3c(Cl)ccc(Cl)c3Cl)CC1)O2. The second-order valence-electron chi connectivity index (χ2n) is 7.26. The summed E-state index contributed by atoms with van der Waals surface area (Å²) in [5, 5.41) is 0.689. The number of Topliss-reactive ketones (excluding diaryl/α,β-unsaturated/α-hetero) is 1. The number of rotatable bonds is 2. The van der Waals surface area contributed by atoms with E-state index in [1.807, 2.05) is 0 Å². The maximum atomic E-state index is 13.0. The molecule has 2 heterocycles. The van der Waals surface area contributed by atoms with Crippen molar-refractivity contribution in [2.45, 2.75) is 24.9 Å². The van der Waals surface area contributed by atoms with Crippen LogP contribution in [0.5, 0.6) is 11.5 Å². The molecule has 2 aliphatic heterocycles. The molecule has 4 rings (SSSR count). The van der Waals surface area contributed by atoms with Crippen LogP contribution in [0.3, 0.4) is 0 Å². The molecule has 1 saturated heterocycles. The third kappa shape index (κ3) is 3.67. The number of piperidine rings is 1. The van der Waals surface area contributed by atoms with Crippen molar-refractivity contribution in [1.82, 2.24) is 4.90 Å². The summed E-state index contributed by atoms with van der Waals surface area (Å²) in [6.45, 7) is 0.855. The Labute approximate surface area is 183 Å². The third-order valence-electron chi connectivity index (χ3n) is 5.52. The van der Waals surface area contributed by atoms with Crippen LogP contribution in [0.2, 0.25) is 15.1 Å². The normalized spacial score (nSPS) is 17.7. The molecule has 0 radical (unpaired) electrons. The van der Waals surface area contributed by atoms with E-state index in [1.165, 1.54) is 0 Å². The predicted molar refractivity (Wildman–Crippen MR) is 112 cm³/mol. The van der Waals surface area contributed by atoms with Crippen LogP contribution in [-0.2, 0) is 0 Å². The summed E-state index contributed by atoms with van der Waals surface area (Å²) < 4.78 is 11.4. The van der Waals surface area contributed by atoms with E-state index in [-0.39, 0.29) is 38.7 Å². The molecule has 0 unspecified atom stereocenters. The highest BCUT2D eigenvalue weighted by atomic mass is 35.5. The lowest BCUT2D eigenvalue weighted by atomic mass is 9.82. The second-order valence-corrected chi connectivity index (χ2v) is 8.45. The molecule has 0 aliphatic carbocycles. The zero-order chi connectivity index (χ0) is 20.8. The van der Waals surface area contributed by atoms with Gasteiger partial charge in [-0.2, -0.15) is 0 Å². The van der Waals surface area contributed by atoms with Gasteiger partial charge in [0.15, 0.2) is 5.78 Å². The van der Waals surface area contributed by atoms with Gasteiger partial charge in [0.1, 0.15) is 17.1 Å². The van der Waals surface area contributed by atoms with Crippen LogP contribution in [-0.4, -0.2) is 42.4 Å². The van der Waals surface area contributed by atoms with Crippen LogP contribution in [0.4, 0.5) is 0 Å². The molecule has 0 atom stereocenters. The lowest BCUT2D eigenvalue weighted by Gasteiger charge is -2.44. The Morgan fingerprint density at radius 1 is 1.10 bits per heavy atom. The maximum Gasteiger partial charge on any atom is 0.256 e. The Morgan fingerprint density at radius 2 is 1.79 bits per heavy atom. The fourth-order valence-electron chi connectivity index (χ4n) is 3.88. The van der Waals surface area contributed by atoms with E-state index < -0.39 is 5.60 Å². The molecule has 2 aromatic rings. The minimum atomic E-state index is -0.614. The molecule has 2 aromatic carbocycles. The fourth-order valence-corrected chi connectivity index (χ4v) is 4.57. The van der Waals surface area contributed by atoms with E-state index in [1.54, 1.807) is 42.3 Å². The maximum absolute atomic E-state index is 13.0. The second kappa shape index (κ2) is 7.71. The first kappa shape index (κ1) is 20.3. The minimum absolute atomic E-state index is 0.0193. The van der Waals surface area contributed by atoms with Gasteiger partial charge in [-0.25, -0.2) is 0 Å². The number of carbonyl (C=O) groups excluding carboxylic acids is 2. The van der Waals surface area contributed by atoms with Crippen molar-refractivity contribution in [1.29, 1.82) is 0 Å². The highest BCUT2D eigenvalue weighted by Crippen LogP contribution is 2.41. The number of carbonyl (C=O) groups is 2. The smallest absolute Gasteiger partial charge is 0.256 e. The van der Waals surface area contributed by atoms with Crippen LogP contribution in [0.1, 0.15) is 40.0 Å². The molecule has 8 heteroatoms. The zero-order valence-electron chi connectivity index (χ0n) is 15.6. The van der Waals surface area contributed by atoms with Gasteiger partial charge in [-0.3, -0.25) is 9.59 Å². The quantitative estimate of drug-likeness (QED) is 0.578. The monoisotopic (exact) mass is 453 g/mol. The number of fused-ring (bicyclic) bond motifs is 1. The predicted octanol–water partition coefficient (Wildman–Crippen LogP) is 5.30. The molecule has 0 N–H and O–H groups in total. The lowest BCUT2D eigenvalue weighted by Crippen LogP contribution is -2.52. The van der Waals surface area contributed by atoms with E-state index in [9.17, 15) is 9.59 Å². The average molecular weight is 455 g/mol. The van der Waals surface area contributed by atoms with Gasteiger partial charge in [-0.15, -0.1) is 0 Å². The highest BCUT2D eigenvalue weighted by molar-refractivity contribution is 6.46. The van der Waals surface area contributed by atoms with Gasteiger partial charge in [-0.1, -0.05) is 34.8 Å². The number of hydrogen-bond acceptors (Lipinski definition) is 4. The molecule has 152 valence electrons. The van der Waals surface area contributed by atoms with Crippen molar-refractivity contribution >= 4 is 46.5 Å². The topological polar surface area (TPSA) is 55.8 Å². The number of nitrogens with zero attached hydrogens (tertiary/aromatic N) is 1. The van der Waals surface area contributed by atoms with Gasteiger partial charge in [0.05, 0.1) is 39.7 Å². The van der Waals surface area contributed by atoms with Gasteiger partial charge in [0.2, 0.25) is 0 Å². The molecule has 5 nitrogen and oxygen atoms in total. The summed E-state index contributed by atoms with van der Waals surface area (Å²) in [5.41, 5.74) is 0.123. The standard InChI is InChI=1S/C21H18Cl3NO4/c1-28-12-2-5-17-13(10-12)16(26)11-21(29-17)6-8-25(9-7-21)20(27)18-14(22)3-4-15(23)19(18)24/h2-5,10H,6-9,11H2,1H3. The van der Waals surface area contributed by atoms with Crippen molar-refractivity contribution < 1.29 is 19.1 Å². The number of ketones is 1. The summed E-state index contributed by atoms with van der Waals surface area (Å²) in [5.74, 6) is 0.922. The highest BCUT2D eigenvalue weighted by Gasteiger charge is 2.44. The molecule has 1 spiro atoms. The molecular weight excluding hydrogens is 437 g/mol. The van der Waals surface area contributed by atoms with Gasteiger partial charge in [0, 0.05) is 25.9 Å². The molecule has 2 aliphatic rings. The van der Waals surface area contributed by atoms with E-state index >= 15 is 0 Å². The third-order valence-corrected chi connectivity index (χ3v) is 6.64. The van der Waals surface area contributed by atoms with Crippen LogP contribution in [0.15, 0.2) is 30.3 Å². The minimum Gasteiger partial charge on any atom is -0.497 e. The molecule has 1 fully saturated rings. The number of ether oxygens (including phenoxy) is 2. The lowest BCUT2D eigenvalue weighted by molar-refractivity contribution is -0.00575. The zero-order valence-corrected chi connectivity index (χ0v) is 17.9. The van der Waals surface area contributed by atoms with Gasteiger partial charge >= 0.3 is 0 Å². The molecule has 1 amide bonds. The van der Waals surface area contributed by atoms with Crippen LogP contribution in [0, 0.1) is 0 Å². The summed E-state index contributed by atoms with van der Waals surface area (Å²) in [6, 6.07) is 8.35. The summed E-state index contributed by atoms with van der Waals surface area (Å²) in [4.78, 5) is 27.4. The summed E-state index contributed by atoms with van der Waals surface area (Å²) >= 11 is 18.4. The molecule has 0 saturated carbocycles. The number of benzene rings is 2. The van der Waals surface area contributed by atoms with E-state index in [2.05, 4.69) is 0 Å². The number of likely N-dealkylation sites (tertiary alicyclic amines) is 1. The number of hydrogen-bond donors (Lipinski definition) is 0. The summed E-state index contributed by atoms with van der Waals surface area (Å²) in [6.07, 6.45) is 1.34. The molecular formula is C21H18Cl3NO4. The number of halogens is 3. The summed E-state index contributed by atoms with van der Waals surface area (Å²) in [7, 11) is 1.56. The number of amides is 1. The Morgan fingerprint density at radius 3 is 2.48 bits per heavy atom. The first-order valence-corrected chi connectivity index (χ1v) is 10.3. The Hall–Kier alpha value is -1.95. The van der Waals surface area contributed by atoms with Crippen molar-refractivity contribution in [3.63, 3.8) is 0 Å². The molecule has 0 bridgehead atoms. The number of methoxy groups -OCH3 is 1. The van der Waals surface area contributed by atoms with Gasteiger partial charge in [-0.05, 0) is 30.3 Å². The van der Waals surface area contributed by atoms with E-state index in [4.69, 9.17) is 44.3 Å². The average Bonchev–Trinajstić information content (AvgIpc) is 2.71. The first-order chi connectivity index (χ1) is 13.8. The van der Waals surface area contributed by atoms with Crippen molar-refractivity contribution in [3.05, 3.63) is 56.5 Å². The van der Waals surface area contributed by atoms with Crippen LogP contribution < -0.4 is 9.47 Å². The van der Waals surface area contributed by atoms with Gasteiger partial charge < -0.3 is 14.4 Å². The largest absolute Gasteiger partial charge is 0.497 e. The molecule has 29 heavy (non-hydrogen) atoms.